The lowest BCUT2D eigenvalue weighted by atomic mass is 9.90. The SMILES string of the molecule is CCNC(=O)c1ccc(CNC(=NC)NC2CC(C)(C)Oc3ccccc32)cc1.I. The zero-order chi connectivity index (χ0) is 20.9. The molecule has 1 aliphatic rings. The van der Waals surface area contributed by atoms with Crippen molar-refractivity contribution < 1.29 is 9.53 Å². The van der Waals surface area contributed by atoms with Crippen molar-refractivity contribution in [2.45, 2.75) is 45.4 Å². The standard InChI is InChI=1S/C23H30N4O2.HI/c1-5-25-21(28)17-12-10-16(11-13-17)15-26-22(24-4)27-19-14-23(2,3)29-20-9-7-6-8-18(19)20;/h6-13,19H,5,14-15H2,1-4H3,(H,25,28)(H2,24,26,27);1H. The minimum atomic E-state index is -0.250. The molecule has 1 atom stereocenters. The van der Waals surface area contributed by atoms with E-state index in [-0.39, 0.29) is 41.5 Å². The van der Waals surface area contributed by atoms with Crippen molar-refractivity contribution in [3.8, 4) is 5.75 Å². The summed E-state index contributed by atoms with van der Waals surface area (Å²) in [4.78, 5) is 16.3. The van der Waals surface area contributed by atoms with Crippen LogP contribution in [0.2, 0.25) is 0 Å². The van der Waals surface area contributed by atoms with E-state index in [9.17, 15) is 4.79 Å². The first kappa shape index (κ1) is 24.0. The lowest BCUT2D eigenvalue weighted by molar-refractivity contribution is 0.0694. The zero-order valence-electron chi connectivity index (χ0n) is 18.0. The molecule has 162 valence electrons. The van der Waals surface area contributed by atoms with E-state index in [0.717, 1.165) is 29.3 Å². The largest absolute Gasteiger partial charge is 0.487 e. The predicted octanol–water partition coefficient (Wildman–Crippen LogP) is 4.02. The number of carbonyl (C=O) groups excluding carboxylic acids is 1. The van der Waals surface area contributed by atoms with Crippen LogP contribution in [-0.4, -0.2) is 31.1 Å². The van der Waals surface area contributed by atoms with Crippen LogP contribution in [0.25, 0.3) is 0 Å². The Morgan fingerprint density at radius 2 is 1.83 bits per heavy atom. The summed E-state index contributed by atoms with van der Waals surface area (Å²) >= 11 is 0. The molecule has 30 heavy (non-hydrogen) atoms. The van der Waals surface area contributed by atoms with Gasteiger partial charge in [-0.2, -0.15) is 0 Å². The van der Waals surface area contributed by atoms with Gasteiger partial charge in [-0.05, 0) is 44.5 Å². The molecular formula is C23H31IN4O2. The van der Waals surface area contributed by atoms with Crippen molar-refractivity contribution in [3.63, 3.8) is 0 Å². The number of aliphatic imine (C=N–C) groups is 1. The number of guanidine groups is 1. The van der Waals surface area contributed by atoms with E-state index < -0.39 is 0 Å². The van der Waals surface area contributed by atoms with Crippen LogP contribution < -0.4 is 20.7 Å². The fourth-order valence-electron chi connectivity index (χ4n) is 3.51. The number of amides is 1. The Labute approximate surface area is 195 Å². The molecule has 2 aromatic rings. The summed E-state index contributed by atoms with van der Waals surface area (Å²) in [7, 11) is 1.77. The van der Waals surface area contributed by atoms with Gasteiger partial charge in [-0.15, -0.1) is 24.0 Å². The number of benzene rings is 2. The van der Waals surface area contributed by atoms with E-state index in [1.165, 1.54) is 0 Å². The van der Waals surface area contributed by atoms with Gasteiger partial charge in [-0.25, -0.2) is 0 Å². The Balaban J connectivity index is 0.00000320. The van der Waals surface area contributed by atoms with Gasteiger partial charge in [0.15, 0.2) is 5.96 Å². The lowest BCUT2D eigenvalue weighted by Gasteiger charge is -2.38. The van der Waals surface area contributed by atoms with E-state index in [1.807, 2.05) is 49.4 Å². The molecule has 3 N–H and O–H groups in total. The highest BCUT2D eigenvalue weighted by atomic mass is 127. The smallest absolute Gasteiger partial charge is 0.251 e. The molecule has 3 rings (SSSR count). The molecular weight excluding hydrogens is 491 g/mol. The Hall–Kier alpha value is -2.29. The fraction of sp³-hybridized carbons (Fsp3) is 0.391. The number of carbonyl (C=O) groups is 1. The predicted molar refractivity (Wildman–Crippen MR) is 132 cm³/mol. The lowest BCUT2D eigenvalue weighted by Crippen LogP contribution is -2.45. The van der Waals surface area contributed by atoms with Crippen molar-refractivity contribution in [1.29, 1.82) is 0 Å². The first-order valence-electron chi connectivity index (χ1n) is 10.0. The minimum absolute atomic E-state index is 0. The van der Waals surface area contributed by atoms with E-state index in [2.05, 4.69) is 40.9 Å². The van der Waals surface area contributed by atoms with Crippen molar-refractivity contribution >= 4 is 35.8 Å². The van der Waals surface area contributed by atoms with Crippen molar-refractivity contribution in [2.24, 2.45) is 4.99 Å². The molecule has 0 aromatic heterocycles. The van der Waals surface area contributed by atoms with Crippen LogP contribution in [-0.2, 0) is 6.54 Å². The van der Waals surface area contributed by atoms with Gasteiger partial charge in [0.25, 0.3) is 5.91 Å². The van der Waals surface area contributed by atoms with Gasteiger partial charge >= 0.3 is 0 Å². The number of nitrogens with one attached hydrogen (secondary N) is 3. The van der Waals surface area contributed by atoms with Crippen LogP contribution >= 0.6 is 24.0 Å². The monoisotopic (exact) mass is 522 g/mol. The van der Waals surface area contributed by atoms with Gasteiger partial charge < -0.3 is 20.7 Å². The van der Waals surface area contributed by atoms with Gasteiger partial charge in [-0.3, -0.25) is 9.79 Å². The summed E-state index contributed by atoms with van der Waals surface area (Å²) in [5, 5.41) is 9.70. The van der Waals surface area contributed by atoms with Crippen LogP contribution in [0.5, 0.6) is 5.75 Å². The third-order valence-corrected chi connectivity index (χ3v) is 4.92. The van der Waals surface area contributed by atoms with Gasteiger partial charge in [0.05, 0.1) is 6.04 Å². The third kappa shape index (κ3) is 6.10. The number of para-hydroxylation sites is 1. The molecule has 6 nitrogen and oxygen atoms in total. The molecule has 0 bridgehead atoms. The first-order valence-corrected chi connectivity index (χ1v) is 10.0. The minimum Gasteiger partial charge on any atom is -0.487 e. The van der Waals surface area contributed by atoms with Gasteiger partial charge in [0.2, 0.25) is 0 Å². The Kier molecular flexibility index (Phi) is 8.52. The molecule has 0 saturated carbocycles. The maximum atomic E-state index is 11.9. The molecule has 1 unspecified atom stereocenters. The maximum Gasteiger partial charge on any atom is 0.251 e. The number of nitrogens with zero attached hydrogens (tertiary/aromatic N) is 1. The molecule has 1 heterocycles. The molecule has 2 aromatic carbocycles. The molecule has 0 saturated heterocycles. The van der Waals surface area contributed by atoms with Crippen molar-refractivity contribution in [1.82, 2.24) is 16.0 Å². The average molecular weight is 522 g/mol. The highest BCUT2D eigenvalue weighted by molar-refractivity contribution is 14.0. The molecule has 0 radical (unpaired) electrons. The summed E-state index contributed by atoms with van der Waals surface area (Å²) in [6, 6.07) is 15.8. The quantitative estimate of drug-likeness (QED) is 0.315. The molecule has 1 amide bonds. The zero-order valence-corrected chi connectivity index (χ0v) is 20.3. The number of halogens is 1. The topological polar surface area (TPSA) is 74.8 Å². The second kappa shape index (κ2) is 10.7. The van der Waals surface area contributed by atoms with Gasteiger partial charge in [0.1, 0.15) is 11.4 Å². The van der Waals surface area contributed by atoms with Crippen LogP contribution in [0.1, 0.15) is 54.7 Å². The van der Waals surface area contributed by atoms with Crippen molar-refractivity contribution in [3.05, 3.63) is 65.2 Å². The van der Waals surface area contributed by atoms with Crippen LogP contribution in [0.4, 0.5) is 0 Å². The van der Waals surface area contributed by atoms with E-state index in [1.54, 1.807) is 7.05 Å². The first-order chi connectivity index (χ1) is 13.9. The van der Waals surface area contributed by atoms with E-state index in [0.29, 0.717) is 18.7 Å². The van der Waals surface area contributed by atoms with Gasteiger partial charge in [0, 0.05) is 37.7 Å². The number of hydrogen-bond acceptors (Lipinski definition) is 3. The number of fused-ring (bicyclic) bond motifs is 1. The van der Waals surface area contributed by atoms with E-state index in [4.69, 9.17) is 4.74 Å². The second-order valence-electron chi connectivity index (χ2n) is 7.78. The average Bonchev–Trinajstić information content (AvgIpc) is 2.70. The molecule has 0 aliphatic carbocycles. The normalized spacial score (nSPS) is 17.1. The second-order valence-corrected chi connectivity index (χ2v) is 7.78. The van der Waals surface area contributed by atoms with Crippen LogP contribution in [0.3, 0.4) is 0 Å². The Bertz CT molecular complexity index is 881. The number of hydrogen-bond donors (Lipinski definition) is 3. The summed E-state index contributed by atoms with van der Waals surface area (Å²) < 4.78 is 6.11. The fourth-order valence-corrected chi connectivity index (χ4v) is 3.51. The van der Waals surface area contributed by atoms with E-state index >= 15 is 0 Å². The highest BCUT2D eigenvalue weighted by Crippen LogP contribution is 2.39. The van der Waals surface area contributed by atoms with Crippen LogP contribution in [0.15, 0.2) is 53.5 Å². The molecule has 0 fully saturated rings. The summed E-state index contributed by atoms with van der Waals surface area (Å²) in [5.41, 5.74) is 2.63. The summed E-state index contributed by atoms with van der Waals surface area (Å²) in [6.07, 6.45) is 0.839. The third-order valence-electron chi connectivity index (χ3n) is 4.92. The molecule has 0 spiro atoms. The van der Waals surface area contributed by atoms with Crippen LogP contribution in [0, 0.1) is 0 Å². The maximum absolute atomic E-state index is 11.9. The molecule has 1 aliphatic heterocycles. The summed E-state index contributed by atoms with van der Waals surface area (Å²) in [5.74, 6) is 1.60. The Morgan fingerprint density at radius 1 is 1.13 bits per heavy atom. The number of rotatable bonds is 5. The molecule has 7 heteroatoms. The highest BCUT2D eigenvalue weighted by Gasteiger charge is 2.33. The number of ether oxygens (including phenoxy) is 1. The summed E-state index contributed by atoms with van der Waals surface area (Å²) in [6.45, 7) is 7.35. The Morgan fingerprint density at radius 3 is 2.50 bits per heavy atom. The van der Waals surface area contributed by atoms with Crippen molar-refractivity contribution in [2.75, 3.05) is 13.6 Å². The van der Waals surface area contributed by atoms with Gasteiger partial charge in [-0.1, -0.05) is 30.3 Å².